The lowest BCUT2D eigenvalue weighted by atomic mass is 10.1. The summed E-state index contributed by atoms with van der Waals surface area (Å²) in [6.45, 7) is 12.0. The Balaban J connectivity index is 2.81. The van der Waals surface area contributed by atoms with E-state index in [9.17, 15) is 0 Å². The van der Waals surface area contributed by atoms with Crippen molar-refractivity contribution in [1.82, 2.24) is 9.97 Å². The molecule has 4 heteroatoms. The average Bonchev–Trinajstić information content (AvgIpc) is 2.33. The molecule has 1 aromatic rings. The number of nitrogens with one attached hydrogen (secondary N) is 1. The standard InChI is InChI=1S/C15H27N3S/c1-6-7-16-14-9-13(8-11(2)3)17-15(18-14)10-19-12(4)5/h9,11-12H,6-8,10H2,1-5H3,(H,16,17,18). The van der Waals surface area contributed by atoms with E-state index in [4.69, 9.17) is 0 Å². The third-order valence-corrected chi connectivity index (χ3v) is 3.64. The van der Waals surface area contributed by atoms with Crippen LogP contribution in [0.25, 0.3) is 0 Å². The van der Waals surface area contributed by atoms with Gasteiger partial charge in [-0.3, -0.25) is 0 Å². The lowest BCUT2D eigenvalue weighted by Crippen LogP contribution is -2.08. The topological polar surface area (TPSA) is 37.8 Å². The van der Waals surface area contributed by atoms with Crippen molar-refractivity contribution in [1.29, 1.82) is 0 Å². The quantitative estimate of drug-likeness (QED) is 0.777. The van der Waals surface area contributed by atoms with E-state index in [1.54, 1.807) is 0 Å². The van der Waals surface area contributed by atoms with Crippen LogP contribution in [-0.2, 0) is 12.2 Å². The summed E-state index contributed by atoms with van der Waals surface area (Å²) in [7, 11) is 0. The molecule has 0 bridgehead atoms. The molecule has 0 spiro atoms. The number of aromatic nitrogens is 2. The zero-order chi connectivity index (χ0) is 14.3. The molecule has 1 aromatic heterocycles. The maximum Gasteiger partial charge on any atom is 0.140 e. The fraction of sp³-hybridized carbons (Fsp3) is 0.733. The second kappa shape index (κ2) is 8.41. The van der Waals surface area contributed by atoms with Crippen LogP contribution in [0.5, 0.6) is 0 Å². The first kappa shape index (κ1) is 16.3. The monoisotopic (exact) mass is 281 g/mol. The molecule has 0 aromatic carbocycles. The number of hydrogen-bond donors (Lipinski definition) is 1. The van der Waals surface area contributed by atoms with Crippen LogP contribution in [0, 0.1) is 5.92 Å². The van der Waals surface area contributed by atoms with E-state index >= 15 is 0 Å². The van der Waals surface area contributed by atoms with E-state index in [2.05, 4.69) is 56.0 Å². The van der Waals surface area contributed by atoms with Crippen molar-refractivity contribution in [3.05, 3.63) is 17.6 Å². The van der Waals surface area contributed by atoms with Crippen LogP contribution in [-0.4, -0.2) is 21.8 Å². The third-order valence-electron chi connectivity index (χ3n) is 2.54. The normalized spacial score (nSPS) is 11.3. The molecule has 0 saturated heterocycles. The van der Waals surface area contributed by atoms with Crippen molar-refractivity contribution in [3.63, 3.8) is 0 Å². The molecule has 3 nitrogen and oxygen atoms in total. The van der Waals surface area contributed by atoms with Crippen LogP contribution in [0.3, 0.4) is 0 Å². The Hall–Kier alpha value is -0.770. The molecule has 0 atom stereocenters. The van der Waals surface area contributed by atoms with E-state index in [0.717, 1.165) is 42.5 Å². The number of thioether (sulfide) groups is 1. The predicted molar refractivity (Wildman–Crippen MR) is 85.8 cm³/mol. The van der Waals surface area contributed by atoms with Gasteiger partial charge >= 0.3 is 0 Å². The smallest absolute Gasteiger partial charge is 0.140 e. The fourth-order valence-electron chi connectivity index (χ4n) is 1.72. The van der Waals surface area contributed by atoms with Crippen molar-refractivity contribution >= 4 is 17.6 Å². The first-order valence-electron chi connectivity index (χ1n) is 7.23. The maximum atomic E-state index is 4.68. The summed E-state index contributed by atoms with van der Waals surface area (Å²) in [5.41, 5.74) is 1.16. The van der Waals surface area contributed by atoms with Crippen molar-refractivity contribution in [2.75, 3.05) is 11.9 Å². The van der Waals surface area contributed by atoms with Gasteiger partial charge in [0, 0.05) is 18.3 Å². The molecular weight excluding hydrogens is 254 g/mol. The molecule has 0 aliphatic heterocycles. The van der Waals surface area contributed by atoms with E-state index in [1.165, 1.54) is 0 Å². The Bertz CT molecular complexity index is 378. The van der Waals surface area contributed by atoms with Crippen LogP contribution >= 0.6 is 11.8 Å². The summed E-state index contributed by atoms with van der Waals surface area (Å²) in [5.74, 6) is 3.45. The Morgan fingerprint density at radius 3 is 2.53 bits per heavy atom. The molecule has 0 fully saturated rings. The summed E-state index contributed by atoms with van der Waals surface area (Å²) < 4.78 is 0. The lowest BCUT2D eigenvalue weighted by Gasteiger charge is -2.11. The van der Waals surface area contributed by atoms with Gasteiger partial charge in [0.1, 0.15) is 11.6 Å². The van der Waals surface area contributed by atoms with E-state index < -0.39 is 0 Å². The second-order valence-electron chi connectivity index (χ2n) is 5.55. The maximum absolute atomic E-state index is 4.68. The van der Waals surface area contributed by atoms with Gasteiger partial charge in [0.15, 0.2) is 0 Å². The number of anilines is 1. The number of nitrogens with zero attached hydrogens (tertiary/aromatic N) is 2. The van der Waals surface area contributed by atoms with Gasteiger partial charge < -0.3 is 5.32 Å². The molecule has 0 amide bonds. The van der Waals surface area contributed by atoms with E-state index in [1.807, 2.05) is 11.8 Å². The zero-order valence-corrected chi connectivity index (χ0v) is 13.7. The molecule has 1 N–H and O–H groups in total. The zero-order valence-electron chi connectivity index (χ0n) is 12.9. The Kier molecular flexibility index (Phi) is 7.21. The number of rotatable bonds is 8. The van der Waals surface area contributed by atoms with Gasteiger partial charge in [-0.25, -0.2) is 9.97 Å². The van der Waals surface area contributed by atoms with Gasteiger partial charge in [-0.05, 0) is 24.0 Å². The van der Waals surface area contributed by atoms with Crippen molar-refractivity contribution < 1.29 is 0 Å². The Labute approximate surface area is 122 Å². The average molecular weight is 281 g/mol. The molecule has 0 radical (unpaired) electrons. The summed E-state index contributed by atoms with van der Waals surface area (Å²) in [6.07, 6.45) is 2.13. The van der Waals surface area contributed by atoms with Gasteiger partial charge in [-0.1, -0.05) is 34.6 Å². The highest BCUT2D eigenvalue weighted by Gasteiger charge is 2.07. The van der Waals surface area contributed by atoms with Gasteiger partial charge in [-0.2, -0.15) is 11.8 Å². The highest BCUT2D eigenvalue weighted by atomic mass is 32.2. The second-order valence-corrected chi connectivity index (χ2v) is 7.11. The summed E-state index contributed by atoms with van der Waals surface area (Å²) in [5, 5.41) is 3.99. The van der Waals surface area contributed by atoms with Crippen molar-refractivity contribution in [3.8, 4) is 0 Å². The van der Waals surface area contributed by atoms with Crippen LogP contribution in [0.1, 0.15) is 52.6 Å². The van der Waals surface area contributed by atoms with Crippen LogP contribution in [0.4, 0.5) is 5.82 Å². The summed E-state index contributed by atoms with van der Waals surface area (Å²) >= 11 is 1.89. The molecular formula is C15H27N3S. The van der Waals surface area contributed by atoms with E-state index in [-0.39, 0.29) is 0 Å². The number of hydrogen-bond acceptors (Lipinski definition) is 4. The molecule has 19 heavy (non-hydrogen) atoms. The van der Waals surface area contributed by atoms with Gasteiger partial charge in [-0.15, -0.1) is 0 Å². The van der Waals surface area contributed by atoms with E-state index in [0.29, 0.717) is 11.2 Å². The largest absolute Gasteiger partial charge is 0.370 e. The molecule has 108 valence electrons. The highest BCUT2D eigenvalue weighted by Crippen LogP contribution is 2.18. The minimum absolute atomic E-state index is 0.615. The molecule has 0 unspecified atom stereocenters. The summed E-state index contributed by atoms with van der Waals surface area (Å²) in [6, 6.07) is 2.10. The molecule has 0 saturated carbocycles. The van der Waals surface area contributed by atoms with Gasteiger partial charge in [0.05, 0.1) is 5.75 Å². The van der Waals surface area contributed by atoms with Crippen LogP contribution < -0.4 is 5.32 Å². The van der Waals surface area contributed by atoms with Gasteiger partial charge in [0.25, 0.3) is 0 Å². The van der Waals surface area contributed by atoms with Crippen LogP contribution in [0.2, 0.25) is 0 Å². The van der Waals surface area contributed by atoms with Crippen molar-refractivity contribution in [2.45, 2.75) is 58.5 Å². The molecule has 0 aliphatic carbocycles. The molecule has 1 heterocycles. The first-order valence-corrected chi connectivity index (χ1v) is 8.28. The van der Waals surface area contributed by atoms with Gasteiger partial charge in [0.2, 0.25) is 0 Å². The highest BCUT2D eigenvalue weighted by molar-refractivity contribution is 7.99. The minimum Gasteiger partial charge on any atom is -0.370 e. The summed E-state index contributed by atoms with van der Waals surface area (Å²) in [4.78, 5) is 9.29. The fourth-order valence-corrected chi connectivity index (χ4v) is 2.34. The SMILES string of the molecule is CCCNc1cc(CC(C)C)nc(CSC(C)C)n1. The first-order chi connectivity index (χ1) is 9.01. The Morgan fingerprint density at radius 2 is 1.95 bits per heavy atom. The lowest BCUT2D eigenvalue weighted by molar-refractivity contribution is 0.632. The van der Waals surface area contributed by atoms with Crippen molar-refractivity contribution in [2.24, 2.45) is 5.92 Å². The minimum atomic E-state index is 0.615. The predicted octanol–water partition coefficient (Wildman–Crippen LogP) is 4.14. The Morgan fingerprint density at radius 1 is 1.21 bits per heavy atom. The van der Waals surface area contributed by atoms with Crippen LogP contribution in [0.15, 0.2) is 6.07 Å². The third kappa shape index (κ3) is 6.81. The molecule has 1 rings (SSSR count). The molecule has 0 aliphatic rings.